The summed E-state index contributed by atoms with van der Waals surface area (Å²) >= 11 is 18.7. The molecule has 0 aliphatic rings. The minimum atomic E-state index is -0.725. The predicted molar refractivity (Wildman–Crippen MR) is 130 cm³/mol. The Bertz CT molecular complexity index is 1090. The normalized spacial score (nSPS) is 11.6. The van der Waals surface area contributed by atoms with Gasteiger partial charge in [-0.15, -0.1) is 0 Å². The monoisotopic (exact) mass is 488 g/mol. The number of rotatable bonds is 8. The zero-order valence-corrected chi connectivity index (χ0v) is 19.8. The highest BCUT2D eigenvalue weighted by Crippen LogP contribution is 2.24. The van der Waals surface area contributed by atoms with Crippen molar-refractivity contribution in [2.24, 2.45) is 0 Å². The van der Waals surface area contributed by atoms with E-state index >= 15 is 0 Å². The van der Waals surface area contributed by atoms with Crippen molar-refractivity contribution in [1.29, 1.82) is 0 Å². The SMILES string of the molecule is CNC(=O)[C@@H](Cc1ccccc1)N(Cc1ccccc1Cl)C(=O)Cc1ccc(Cl)cc1Cl. The highest BCUT2D eigenvalue weighted by molar-refractivity contribution is 6.35. The molecule has 0 aromatic heterocycles. The predicted octanol–water partition coefficient (Wildman–Crippen LogP) is 5.58. The number of hydrogen-bond donors (Lipinski definition) is 1. The molecular formula is C25H23Cl3N2O2. The van der Waals surface area contributed by atoms with Crippen LogP contribution in [0.5, 0.6) is 0 Å². The van der Waals surface area contributed by atoms with Crippen LogP contribution in [0.2, 0.25) is 15.1 Å². The van der Waals surface area contributed by atoms with Gasteiger partial charge in [-0.3, -0.25) is 9.59 Å². The third-order valence-corrected chi connectivity index (χ3v) is 6.13. The Morgan fingerprint density at radius 3 is 2.22 bits per heavy atom. The molecule has 0 heterocycles. The lowest BCUT2D eigenvalue weighted by atomic mass is 10.0. The minimum Gasteiger partial charge on any atom is -0.357 e. The average molecular weight is 490 g/mol. The maximum Gasteiger partial charge on any atom is 0.242 e. The largest absolute Gasteiger partial charge is 0.357 e. The van der Waals surface area contributed by atoms with Crippen LogP contribution in [0.1, 0.15) is 16.7 Å². The van der Waals surface area contributed by atoms with E-state index in [4.69, 9.17) is 34.8 Å². The van der Waals surface area contributed by atoms with Crippen molar-refractivity contribution in [1.82, 2.24) is 10.2 Å². The molecule has 0 aliphatic heterocycles. The number of carbonyl (C=O) groups is 2. The fraction of sp³-hybridized carbons (Fsp3) is 0.200. The van der Waals surface area contributed by atoms with Gasteiger partial charge in [-0.25, -0.2) is 0 Å². The molecule has 7 heteroatoms. The average Bonchev–Trinajstić information content (AvgIpc) is 2.79. The number of likely N-dealkylation sites (N-methyl/N-ethyl adjacent to an activating group) is 1. The molecule has 0 saturated carbocycles. The number of nitrogens with zero attached hydrogens (tertiary/aromatic N) is 1. The Labute approximate surface area is 203 Å². The fourth-order valence-electron chi connectivity index (χ4n) is 3.46. The summed E-state index contributed by atoms with van der Waals surface area (Å²) in [5.74, 6) is -0.491. The summed E-state index contributed by atoms with van der Waals surface area (Å²) in [5.41, 5.74) is 2.34. The standard InChI is InChI=1S/C25H23Cl3N2O2/c1-29-25(32)23(13-17-7-3-2-4-8-17)30(16-19-9-5-6-10-21(19)27)24(31)14-18-11-12-20(26)15-22(18)28/h2-12,15,23H,13-14,16H2,1H3,(H,29,32)/t23-/m1/s1. The zero-order valence-electron chi connectivity index (χ0n) is 17.5. The van der Waals surface area contributed by atoms with Crippen LogP contribution in [0, 0.1) is 0 Å². The van der Waals surface area contributed by atoms with E-state index in [9.17, 15) is 9.59 Å². The van der Waals surface area contributed by atoms with Gasteiger partial charge in [0.25, 0.3) is 0 Å². The van der Waals surface area contributed by atoms with Crippen molar-refractivity contribution in [3.63, 3.8) is 0 Å². The summed E-state index contributed by atoms with van der Waals surface area (Å²) in [5, 5.41) is 4.12. The third-order valence-electron chi connectivity index (χ3n) is 5.17. The highest BCUT2D eigenvalue weighted by atomic mass is 35.5. The first-order chi connectivity index (χ1) is 15.4. The Morgan fingerprint density at radius 2 is 1.56 bits per heavy atom. The smallest absolute Gasteiger partial charge is 0.242 e. The molecule has 32 heavy (non-hydrogen) atoms. The number of hydrogen-bond acceptors (Lipinski definition) is 2. The van der Waals surface area contributed by atoms with Gasteiger partial charge in [-0.2, -0.15) is 0 Å². The number of carbonyl (C=O) groups excluding carboxylic acids is 2. The number of amides is 2. The van der Waals surface area contributed by atoms with Gasteiger partial charge in [0.1, 0.15) is 6.04 Å². The first-order valence-electron chi connectivity index (χ1n) is 10.1. The van der Waals surface area contributed by atoms with Gasteiger partial charge in [-0.05, 0) is 34.9 Å². The lowest BCUT2D eigenvalue weighted by molar-refractivity contribution is -0.140. The Morgan fingerprint density at radius 1 is 0.875 bits per heavy atom. The summed E-state index contributed by atoms with van der Waals surface area (Å²) in [6.45, 7) is 0.189. The molecule has 0 spiro atoms. The molecule has 0 unspecified atom stereocenters. The van der Waals surface area contributed by atoms with Gasteiger partial charge in [0, 0.05) is 35.1 Å². The molecule has 3 aromatic rings. The molecule has 166 valence electrons. The van der Waals surface area contributed by atoms with Gasteiger partial charge in [0.05, 0.1) is 6.42 Å². The van der Waals surface area contributed by atoms with E-state index in [-0.39, 0.29) is 24.8 Å². The number of benzene rings is 3. The lowest BCUT2D eigenvalue weighted by Gasteiger charge is -2.31. The van der Waals surface area contributed by atoms with Crippen LogP contribution in [0.25, 0.3) is 0 Å². The van der Waals surface area contributed by atoms with Crippen molar-refractivity contribution in [2.75, 3.05) is 7.05 Å². The molecule has 0 bridgehead atoms. The Balaban J connectivity index is 1.97. The molecule has 1 atom stereocenters. The van der Waals surface area contributed by atoms with Gasteiger partial charge < -0.3 is 10.2 Å². The van der Waals surface area contributed by atoms with Crippen molar-refractivity contribution >= 4 is 46.6 Å². The van der Waals surface area contributed by atoms with Crippen molar-refractivity contribution in [3.8, 4) is 0 Å². The molecular weight excluding hydrogens is 467 g/mol. The molecule has 3 rings (SSSR count). The summed E-state index contributed by atoms with van der Waals surface area (Å²) in [4.78, 5) is 28.0. The van der Waals surface area contributed by atoms with Gasteiger partial charge in [0.15, 0.2) is 0 Å². The van der Waals surface area contributed by atoms with Gasteiger partial charge >= 0.3 is 0 Å². The van der Waals surface area contributed by atoms with Crippen LogP contribution in [0.15, 0.2) is 72.8 Å². The second kappa shape index (κ2) is 11.4. The summed E-state index contributed by atoms with van der Waals surface area (Å²) in [7, 11) is 1.56. The molecule has 3 aromatic carbocycles. The van der Waals surface area contributed by atoms with Crippen molar-refractivity contribution < 1.29 is 9.59 Å². The summed E-state index contributed by atoms with van der Waals surface area (Å²) < 4.78 is 0. The van der Waals surface area contributed by atoms with E-state index in [2.05, 4.69) is 5.32 Å². The second-order valence-corrected chi connectivity index (χ2v) is 8.60. The minimum absolute atomic E-state index is 0.0305. The summed E-state index contributed by atoms with van der Waals surface area (Å²) in [6, 6.07) is 21.2. The second-order valence-electron chi connectivity index (χ2n) is 7.35. The van der Waals surface area contributed by atoms with Crippen LogP contribution < -0.4 is 5.32 Å². The third kappa shape index (κ3) is 6.26. The van der Waals surface area contributed by atoms with Crippen LogP contribution in [-0.4, -0.2) is 29.8 Å². The molecule has 0 fully saturated rings. The van der Waals surface area contributed by atoms with Crippen molar-refractivity contribution in [2.45, 2.75) is 25.4 Å². The number of halogens is 3. The van der Waals surface area contributed by atoms with Gasteiger partial charge in [-0.1, -0.05) is 89.4 Å². The maximum atomic E-state index is 13.5. The van der Waals surface area contributed by atoms with Crippen molar-refractivity contribution in [3.05, 3.63) is 105 Å². The Hall–Kier alpha value is -2.53. The van der Waals surface area contributed by atoms with Gasteiger partial charge in [0.2, 0.25) is 11.8 Å². The molecule has 0 saturated heterocycles. The van der Waals surface area contributed by atoms with E-state index in [1.54, 1.807) is 36.2 Å². The first-order valence-corrected chi connectivity index (χ1v) is 11.2. The van der Waals surface area contributed by atoms with Crippen LogP contribution in [0.3, 0.4) is 0 Å². The van der Waals surface area contributed by atoms with E-state index < -0.39 is 6.04 Å². The highest BCUT2D eigenvalue weighted by Gasteiger charge is 2.30. The Kier molecular flexibility index (Phi) is 8.57. The number of nitrogens with one attached hydrogen (secondary N) is 1. The van der Waals surface area contributed by atoms with Crippen LogP contribution in [-0.2, 0) is 29.0 Å². The molecule has 4 nitrogen and oxygen atoms in total. The summed E-state index contributed by atoms with van der Waals surface area (Å²) in [6.07, 6.45) is 0.397. The zero-order chi connectivity index (χ0) is 23.1. The topological polar surface area (TPSA) is 49.4 Å². The van der Waals surface area contributed by atoms with E-state index in [1.807, 2.05) is 48.5 Å². The molecule has 1 N–H and O–H groups in total. The van der Waals surface area contributed by atoms with Crippen LogP contribution in [0.4, 0.5) is 0 Å². The van der Waals surface area contributed by atoms with Crippen LogP contribution >= 0.6 is 34.8 Å². The fourth-order valence-corrected chi connectivity index (χ4v) is 4.13. The maximum absolute atomic E-state index is 13.5. The quantitative estimate of drug-likeness (QED) is 0.449. The first kappa shape index (κ1) is 24.1. The molecule has 2 amide bonds. The van der Waals surface area contributed by atoms with E-state index in [0.717, 1.165) is 11.1 Å². The van der Waals surface area contributed by atoms with E-state index in [0.29, 0.717) is 27.1 Å². The molecule has 0 aliphatic carbocycles. The lowest BCUT2D eigenvalue weighted by Crippen LogP contribution is -2.50. The molecule has 0 radical (unpaired) electrons. The van der Waals surface area contributed by atoms with E-state index in [1.165, 1.54) is 0 Å².